The molecule has 3 aromatic rings. The van der Waals surface area contributed by atoms with Crippen LogP contribution in [-0.4, -0.2) is 46.4 Å². The molecule has 1 saturated heterocycles. The number of oxazole rings is 1. The summed E-state index contributed by atoms with van der Waals surface area (Å²) < 4.78 is 12.0. The molecule has 1 aliphatic heterocycles. The molecule has 1 fully saturated rings. The van der Waals surface area contributed by atoms with Crippen molar-refractivity contribution in [3.8, 4) is 0 Å². The van der Waals surface area contributed by atoms with Gasteiger partial charge in [0.1, 0.15) is 12.6 Å². The third-order valence-corrected chi connectivity index (χ3v) is 5.33. The summed E-state index contributed by atoms with van der Waals surface area (Å²) in [4.78, 5) is 50.5. The van der Waals surface area contributed by atoms with Gasteiger partial charge >= 0.3 is 11.7 Å². The van der Waals surface area contributed by atoms with Crippen molar-refractivity contribution in [3.63, 3.8) is 0 Å². The molecule has 0 unspecified atom stereocenters. The van der Waals surface area contributed by atoms with Crippen molar-refractivity contribution in [1.29, 1.82) is 0 Å². The van der Waals surface area contributed by atoms with E-state index in [9.17, 15) is 19.2 Å². The molecule has 160 valence electrons. The molecule has 2 heterocycles. The summed E-state index contributed by atoms with van der Waals surface area (Å²) in [6, 6.07) is 15.3. The number of amides is 2. The SMILES string of the molecule is NC(=O)C[C@H]1CN(C(=O)Cn2c(=O)oc3ccccc32)C[C@H]1OC(=O)c1ccccc1. The Morgan fingerprint density at radius 1 is 1.03 bits per heavy atom. The highest BCUT2D eigenvalue weighted by Gasteiger charge is 2.39. The number of aromatic nitrogens is 1. The molecule has 2 N–H and O–H groups in total. The van der Waals surface area contributed by atoms with Gasteiger partial charge in [0.2, 0.25) is 11.8 Å². The summed E-state index contributed by atoms with van der Waals surface area (Å²) >= 11 is 0. The van der Waals surface area contributed by atoms with Crippen LogP contribution in [0.2, 0.25) is 0 Å². The maximum atomic E-state index is 12.9. The molecule has 9 nitrogen and oxygen atoms in total. The predicted octanol–water partition coefficient (Wildman–Crippen LogP) is 1.15. The minimum absolute atomic E-state index is 0.0227. The van der Waals surface area contributed by atoms with Gasteiger partial charge < -0.3 is 19.8 Å². The van der Waals surface area contributed by atoms with E-state index in [4.69, 9.17) is 14.9 Å². The fraction of sp³-hybridized carbons (Fsp3) is 0.273. The Labute approximate surface area is 177 Å². The quantitative estimate of drug-likeness (QED) is 0.593. The van der Waals surface area contributed by atoms with Gasteiger partial charge in [-0.2, -0.15) is 0 Å². The number of ether oxygens (including phenoxy) is 1. The number of carbonyl (C=O) groups is 3. The fourth-order valence-electron chi connectivity index (χ4n) is 3.81. The van der Waals surface area contributed by atoms with E-state index in [0.29, 0.717) is 16.7 Å². The van der Waals surface area contributed by atoms with Crippen LogP contribution in [0.1, 0.15) is 16.8 Å². The van der Waals surface area contributed by atoms with Crippen LogP contribution in [0.15, 0.2) is 63.8 Å². The first-order chi connectivity index (χ1) is 14.9. The number of nitrogens with two attached hydrogens (primary N) is 1. The number of nitrogens with zero attached hydrogens (tertiary/aromatic N) is 2. The Kier molecular flexibility index (Phi) is 5.57. The first kappa shape index (κ1) is 20.4. The normalized spacial score (nSPS) is 18.3. The molecule has 0 radical (unpaired) electrons. The zero-order chi connectivity index (χ0) is 22.0. The van der Waals surface area contributed by atoms with E-state index in [2.05, 4.69) is 0 Å². The van der Waals surface area contributed by atoms with Crippen molar-refractivity contribution in [2.75, 3.05) is 13.1 Å². The van der Waals surface area contributed by atoms with Crippen molar-refractivity contribution in [2.24, 2.45) is 11.7 Å². The first-order valence-electron chi connectivity index (χ1n) is 9.83. The van der Waals surface area contributed by atoms with Gasteiger partial charge in [0.25, 0.3) is 0 Å². The molecule has 31 heavy (non-hydrogen) atoms. The molecule has 0 saturated carbocycles. The Bertz CT molecular complexity index is 1180. The topological polar surface area (TPSA) is 125 Å². The summed E-state index contributed by atoms with van der Waals surface area (Å²) in [5.74, 6) is -2.48. The molecule has 2 amide bonds. The van der Waals surface area contributed by atoms with Crippen LogP contribution in [0, 0.1) is 5.92 Å². The summed E-state index contributed by atoms with van der Waals surface area (Å²) in [5.41, 5.74) is 6.63. The zero-order valence-corrected chi connectivity index (χ0v) is 16.6. The van der Waals surface area contributed by atoms with Gasteiger partial charge in [-0.15, -0.1) is 0 Å². The lowest BCUT2D eigenvalue weighted by atomic mass is 10.0. The molecule has 4 rings (SSSR count). The minimum atomic E-state index is -0.679. The monoisotopic (exact) mass is 423 g/mol. The van der Waals surface area contributed by atoms with Crippen LogP contribution in [0.3, 0.4) is 0 Å². The molecule has 2 atom stereocenters. The van der Waals surface area contributed by atoms with Crippen molar-refractivity contribution >= 4 is 28.9 Å². The molecule has 9 heteroatoms. The van der Waals surface area contributed by atoms with Gasteiger partial charge in [-0.3, -0.25) is 14.2 Å². The maximum absolute atomic E-state index is 12.9. The van der Waals surface area contributed by atoms with Gasteiger partial charge in [-0.25, -0.2) is 9.59 Å². The van der Waals surface area contributed by atoms with Crippen molar-refractivity contribution in [3.05, 3.63) is 70.7 Å². The predicted molar refractivity (Wildman–Crippen MR) is 110 cm³/mol. The zero-order valence-electron chi connectivity index (χ0n) is 16.6. The number of benzene rings is 2. The van der Waals surface area contributed by atoms with Crippen LogP contribution >= 0.6 is 0 Å². The van der Waals surface area contributed by atoms with Crippen molar-refractivity contribution in [1.82, 2.24) is 9.47 Å². The summed E-state index contributed by atoms with van der Waals surface area (Å²) in [6.45, 7) is 0.0808. The number of hydrogen-bond donors (Lipinski definition) is 1. The second-order valence-corrected chi connectivity index (χ2v) is 7.46. The second-order valence-electron chi connectivity index (χ2n) is 7.46. The number of esters is 1. The molecule has 1 aliphatic rings. The van der Waals surface area contributed by atoms with Crippen molar-refractivity contribution in [2.45, 2.75) is 19.1 Å². The largest absolute Gasteiger partial charge is 0.457 e. The molecule has 0 aliphatic carbocycles. The number of fused-ring (bicyclic) bond motifs is 1. The van der Waals surface area contributed by atoms with Crippen LogP contribution < -0.4 is 11.5 Å². The van der Waals surface area contributed by atoms with E-state index in [0.717, 1.165) is 0 Å². The lowest BCUT2D eigenvalue weighted by Gasteiger charge is -2.17. The van der Waals surface area contributed by atoms with Crippen LogP contribution in [-0.2, 0) is 20.9 Å². The number of primary amides is 1. The average Bonchev–Trinajstić information content (AvgIpc) is 3.29. The second kappa shape index (κ2) is 8.47. The number of rotatable bonds is 6. The van der Waals surface area contributed by atoms with E-state index in [1.807, 2.05) is 0 Å². The van der Waals surface area contributed by atoms with Gasteiger partial charge in [-0.1, -0.05) is 30.3 Å². The van der Waals surface area contributed by atoms with E-state index >= 15 is 0 Å². The number of carbonyl (C=O) groups excluding carboxylic acids is 3. The highest BCUT2D eigenvalue weighted by molar-refractivity contribution is 5.89. The maximum Gasteiger partial charge on any atom is 0.420 e. The Balaban J connectivity index is 1.50. The summed E-state index contributed by atoms with van der Waals surface area (Å²) in [6.07, 6.45) is -0.701. The van der Waals surface area contributed by atoms with E-state index in [-0.39, 0.29) is 32.0 Å². The standard InChI is InChI=1S/C22H21N3O6/c23-19(26)10-15-11-24(12-18(15)30-21(28)14-6-2-1-3-7-14)20(27)13-25-16-8-4-5-9-17(16)31-22(25)29/h1-9,15,18H,10-13H2,(H2,23,26)/t15-,18+/m0/s1. The van der Waals surface area contributed by atoms with Gasteiger partial charge in [0.05, 0.1) is 17.6 Å². The number of para-hydroxylation sites is 2. The van der Waals surface area contributed by atoms with Gasteiger partial charge in [-0.05, 0) is 24.3 Å². The minimum Gasteiger partial charge on any atom is -0.457 e. The Morgan fingerprint density at radius 3 is 2.48 bits per heavy atom. The summed E-state index contributed by atoms with van der Waals surface area (Å²) in [5, 5.41) is 0. The van der Waals surface area contributed by atoms with Gasteiger partial charge in [0.15, 0.2) is 5.58 Å². The van der Waals surface area contributed by atoms with E-state index < -0.39 is 29.7 Å². The molecular weight excluding hydrogens is 402 g/mol. The number of likely N-dealkylation sites (tertiary alicyclic amines) is 1. The molecule has 1 aromatic heterocycles. The van der Waals surface area contributed by atoms with Crippen molar-refractivity contribution < 1.29 is 23.5 Å². The third-order valence-electron chi connectivity index (χ3n) is 5.33. The van der Waals surface area contributed by atoms with E-state index in [1.165, 1.54) is 9.47 Å². The molecule has 0 spiro atoms. The molecular formula is C22H21N3O6. The molecule has 2 aromatic carbocycles. The first-order valence-corrected chi connectivity index (χ1v) is 9.83. The average molecular weight is 423 g/mol. The van der Waals surface area contributed by atoms with Gasteiger partial charge in [0, 0.05) is 18.9 Å². The molecule has 0 bridgehead atoms. The Morgan fingerprint density at radius 2 is 1.74 bits per heavy atom. The smallest absolute Gasteiger partial charge is 0.420 e. The van der Waals surface area contributed by atoms with E-state index in [1.54, 1.807) is 54.6 Å². The lowest BCUT2D eigenvalue weighted by molar-refractivity contribution is -0.131. The number of hydrogen-bond acceptors (Lipinski definition) is 6. The van der Waals surface area contributed by atoms with Crippen LogP contribution in [0.4, 0.5) is 0 Å². The van der Waals surface area contributed by atoms with Crippen LogP contribution in [0.25, 0.3) is 11.1 Å². The fourth-order valence-corrected chi connectivity index (χ4v) is 3.81. The summed E-state index contributed by atoms with van der Waals surface area (Å²) in [7, 11) is 0. The highest BCUT2D eigenvalue weighted by Crippen LogP contribution is 2.25. The lowest BCUT2D eigenvalue weighted by Crippen LogP contribution is -2.35. The van der Waals surface area contributed by atoms with Crippen LogP contribution in [0.5, 0.6) is 0 Å². The Hall–Kier alpha value is -3.88. The third kappa shape index (κ3) is 4.35. The highest BCUT2D eigenvalue weighted by atomic mass is 16.5.